The van der Waals surface area contributed by atoms with Gasteiger partial charge in [-0.2, -0.15) is 0 Å². The van der Waals surface area contributed by atoms with E-state index in [2.05, 4.69) is 17.2 Å². The van der Waals surface area contributed by atoms with E-state index in [4.69, 9.17) is 4.42 Å². The van der Waals surface area contributed by atoms with Gasteiger partial charge in [0.2, 0.25) is 0 Å². The van der Waals surface area contributed by atoms with Crippen molar-refractivity contribution in [2.75, 3.05) is 0 Å². The molecule has 3 heteroatoms. The lowest BCUT2D eigenvalue weighted by atomic mass is 9.86. The Morgan fingerprint density at radius 2 is 2.36 bits per heavy atom. The van der Waals surface area contributed by atoms with Gasteiger partial charge in [-0.25, -0.2) is 4.98 Å². The molecular formula is C11H18N2O. The maximum atomic E-state index is 4.93. The van der Waals surface area contributed by atoms with Crippen LogP contribution in [0.5, 0.6) is 0 Å². The maximum absolute atomic E-state index is 4.93. The highest BCUT2D eigenvalue weighted by Crippen LogP contribution is 2.23. The van der Waals surface area contributed by atoms with Crippen LogP contribution in [0.4, 0.5) is 0 Å². The Kier molecular flexibility index (Phi) is 3.19. The first-order chi connectivity index (χ1) is 6.86. The van der Waals surface area contributed by atoms with Gasteiger partial charge in [-0.1, -0.05) is 19.8 Å². The van der Waals surface area contributed by atoms with Crippen LogP contribution >= 0.6 is 0 Å². The number of hydrogen-bond donors (Lipinski definition) is 1. The maximum Gasteiger partial charge on any atom is 0.180 e. The minimum atomic E-state index is 0.667. The third kappa shape index (κ3) is 2.35. The first-order valence-corrected chi connectivity index (χ1v) is 5.46. The standard InChI is InChI=1S/C11H18N2O/c1-9-4-2-3-5-11(9)12-6-10-7-14-8-13-10/h7-9,11-12H,2-6H2,1H3. The van der Waals surface area contributed by atoms with Crippen LogP contribution in [-0.4, -0.2) is 11.0 Å². The Bertz CT molecular complexity index is 258. The van der Waals surface area contributed by atoms with Gasteiger partial charge in [0.1, 0.15) is 6.26 Å². The van der Waals surface area contributed by atoms with Crippen molar-refractivity contribution in [1.82, 2.24) is 10.3 Å². The van der Waals surface area contributed by atoms with Crippen LogP contribution in [0.15, 0.2) is 17.1 Å². The smallest absolute Gasteiger partial charge is 0.180 e. The van der Waals surface area contributed by atoms with Crippen molar-refractivity contribution in [3.05, 3.63) is 18.4 Å². The average molecular weight is 194 g/mol. The van der Waals surface area contributed by atoms with Gasteiger partial charge in [0.05, 0.1) is 5.69 Å². The van der Waals surface area contributed by atoms with Gasteiger partial charge in [-0.3, -0.25) is 0 Å². The van der Waals surface area contributed by atoms with Crippen molar-refractivity contribution in [3.63, 3.8) is 0 Å². The normalized spacial score (nSPS) is 27.8. The van der Waals surface area contributed by atoms with E-state index in [-0.39, 0.29) is 0 Å². The molecule has 14 heavy (non-hydrogen) atoms. The molecule has 78 valence electrons. The van der Waals surface area contributed by atoms with Gasteiger partial charge >= 0.3 is 0 Å². The number of rotatable bonds is 3. The molecule has 0 bridgehead atoms. The van der Waals surface area contributed by atoms with E-state index in [0.717, 1.165) is 18.2 Å². The van der Waals surface area contributed by atoms with Gasteiger partial charge in [0.15, 0.2) is 6.39 Å². The predicted molar refractivity (Wildman–Crippen MR) is 54.8 cm³/mol. The second-order valence-electron chi connectivity index (χ2n) is 4.23. The van der Waals surface area contributed by atoms with Crippen molar-refractivity contribution in [1.29, 1.82) is 0 Å². The highest BCUT2D eigenvalue weighted by atomic mass is 16.3. The second kappa shape index (κ2) is 4.60. The summed E-state index contributed by atoms with van der Waals surface area (Å²) in [6.07, 6.45) is 8.61. The predicted octanol–water partition coefficient (Wildman–Crippen LogP) is 2.34. The highest BCUT2D eigenvalue weighted by molar-refractivity contribution is 4.91. The number of oxazole rings is 1. The number of aromatic nitrogens is 1. The Morgan fingerprint density at radius 1 is 1.50 bits per heavy atom. The Hall–Kier alpha value is -0.830. The highest BCUT2D eigenvalue weighted by Gasteiger charge is 2.20. The molecule has 1 N–H and O–H groups in total. The van der Waals surface area contributed by atoms with Crippen LogP contribution in [0.1, 0.15) is 38.3 Å². The summed E-state index contributed by atoms with van der Waals surface area (Å²) in [7, 11) is 0. The molecule has 2 atom stereocenters. The molecule has 1 aromatic rings. The fourth-order valence-electron chi connectivity index (χ4n) is 2.18. The summed E-state index contributed by atoms with van der Waals surface area (Å²) in [6.45, 7) is 3.17. The van der Waals surface area contributed by atoms with Gasteiger partial charge in [0, 0.05) is 12.6 Å². The average Bonchev–Trinajstić information content (AvgIpc) is 2.69. The first kappa shape index (κ1) is 9.71. The molecule has 0 radical (unpaired) electrons. The van der Waals surface area contributed by atoms with E-state index in [1.54, 1.807) is 6.26 Å². The summed E-state index contributed by atoms with van der Waals surface area (Å²) >= 11 is 0. The zero-order valence-electron chi connectivity index (χ0n) is 8.70. The molecule has 0 aromatic carbocycles. The molecule has 1 heterocycles. The SMILES string of the molecule is CC1CCCCC1NCc1cocn1. The monoisotopic (exact) mass is 194 g/mol. The van der Waals surface area contributed by atoms with Crippen molar-refractivity contribution >= 4 is 0 Å². The van der Waals surface area contributed by atoms with Gasteiger partial charge in [-0.05, 0) is 18.8 Å². The summed E-state index contributed by atoms with van der Waals surface area (Å²) in [4.78, 5) is 4.10. The fourth-order valence-corrected chi connectivity index (χ4v) is 2.18. The summed E-state index contributed by atoms with van der Waals surface area (Å²) in [5.41, 5.74) is 1.00. The lowest BCUT2D eigenvalue weighted by Crippen LogP contribution is -2.36. The lowest BCUT2D eigenvalue weighted by Gasteiger charge is -2.29. The van der Waals surface area contributed by atoms with E-state index < -0.39 is 0 Å². The molecule has 1 aromatic heterocycles. The number of nitrogens with one attached hydrogen (secondary N) is 1. The molecular weight excluding hydrogens is 176 g/mol. The molecule has 1 aliphatic carbocycles. The first-order valence-electron chi connectivity index (χ1n) is 5.46. The van der Waals surface area contributed by atoms with Gasteiger partial charge in [-0.15, -0.1) is 0 Å². The van der Waals surface area contributed by atoms with Gasteiger partial charge < -0.3 is 9.73 Å². The molecule has 1 saturated carbocycles. The lowest BCUT2D eigenvalue weighted by molar-refractivity contribution is 0.278. The molecule has 0 saturated heterocycles. The second-order valence-corrected chi connectivity index (χ2v) is 4.23. The minimum absolute atomic E-state index is 0.667. The van der Waals surface area contributed by atoms with E-state index in [1.807, 2.05) is 0 Å². The van der Waals surface area contributed by atoms with Crippen molar-refractivity contribution < 1.29 is 4.42 Å². The molecule has 0 amide bonds. The van der Waals surface area contributed by atoms with Crippen LogP contribution in [-0.2, 0) is 6.54 Å². The number of nitrogens with zero attached hydrogens (tertiary/aromatic N) is 1. The summed E-state index contributed by atoms with van der Waals surface area (Å²) in [6, 6.07) is 0.667. The largest absolute Gasteiger partial charge is 0.451 e. The zero-order chi connectivity index (χ0) is 9.80. The molecule has 2 rings (SSSR count). The summed E-state index contributed by atoms with van der Waals surface area (Å²) < 4.78 is 4.93. The van der Waals surface area contributed by atoms with Crippen LogP contribution < -0.4 is 5.32 Å². The Labute approximate surface area is 84.9 Å². The number of hydrogen-bond acceptors (Lipinski definition) is 3. The molecule has 0 spiro atoms. The van der Waals surface area contributed by atoms with Crippen LogP contribution in [0.2, 0.25) is 0 Å². The fraction of sp³-hybridized carbons (Fsp3) is 0.727. The minimum Gasteiger partial charge on any atom is -0.451 e. The van der Waals surface area contributed by atoms with Crippen LogP contribution in [0.3, 0.4) is 0 Å². The van der Waals surface area contributed by atoms with E-state index in [9.17, 15) is 0 Å². The molecule has 0 aliphatic heterocycles. The van der Waals surface area contributed by atoms with Crippen LogP contribution in [0, 0.1) is 5.92 Å². The van der Waals surface area contributed by atoms with Crippen molar-refractivity contribution in [2.24, 2.45) is 5.92 Å². The topological polar surface area (TPSA) is 38.1 Å². The Morgan fingerprint density at radius 3 is 3.07 bits per heavy atom. The third-order valence-electron chi connectivity index (χ3n) is 3.14. The third-order valence-corrected chi connectivity index (χ3v) is 3.14. The molecule has 1 aliphatic rings. The van der Waals surface area contributed by atoms with Crippen molar-refractivity contribution in [2.45, 2.75) is 45.2 Å². The zero-order valence-corrected chi connectivity index (χ0v) is 8.70. The molecule has 2 unspecified atom stereocenters. The molecule has 3 nitrogen and oxygen atoms in total. The molecule has 1 fully saturated rings. The van der Waals surface area contributed by atoms with E-state index in [0.29, 0.717) is 6.04 Å². The van der Waals surface area contributed by atoms with Gasteiger partial charge in [0.25, 0.3) is 0 Å². The quantitative estimate of drug-likeness (QED) is 0.802. The van der Waals surface area contributed by atoms with Crippen molar-refractivity contribution in [3.8, 4) is 0 Å². The Balaban J connectivity index is 1.79. The summed E-state index contributed by atoms with van der Waals surface area (Å²) in [5, 5.41) is 3.55. The van der Waals surface area contributed by atoms with E-state index >= 15 is 0 Å². The van der Waals surface area contributed by atoms with Crippen LogP contribution in [0.25, 0.3) is 0 Å². The summed E-state index contributed by atoms with van der Waals surface area (Å²) in [5.74, 6) is 0.802. The van der Waals surface area contributed by atoms with E-state index in [1.165, 1.54) is 32.1 Å².